The number of hydrogen-bond donors (Lipinski definition) is 3. The molecule has 0 atom stereocenters. The fourth-order valence-electron chi connectivity index (χ4n) is 2.40. The van der Waals surface area contributed by atoms with Gasteiger partial charge in [0.25, 0.3) is 0 Å². The number of amides is 1. The third-order valence-electron chi connectivity index (χ3n) is 4.18. The number of guanidine groups is 1. The molecule has 0 unspecified atom stereocenters. The Morgan fingerprint density at radius 1 is 1.12 bits per heavy atom. The molecule has 146 valence electrons. The van der Waals surface area contributed by atoms with Crippen molar-refractivity contribution in [1.82, 2.24) is 16.0 Å². The number of aliphatic imine (C=N–C) groups is 1. The van der Waals surface area contributed by atoms with Gasteiger partial charge >= 0.3 is 0 Å². The molecule has 0 spiro atoms. The lowest BCUT2D eigenvalue weighted by Gasteiger charge is -2.12. The summed E-state index contributed by atoms with van der Waals surface area (Å²) in [6.07, 6.45) is 5.94. The molecule has 0 aliphatic heterocycles. The summed E-state index contributed by atoms with van der Waals surface area (Å²) in [6.45, 7) is 6.59. The van der Waals surface area contributed by atoms with Gasteiger partial charge in [-0.1, -0.05) is 43.2 Å². The minimum atomic E-state index is 0. The molecule has 26 heavy (non-hydrogen) atoms. The number of carbonyl (C=O) groups excluding carboxylic acids is 1. The summed E-state index contributed by atoms with van der Waals surface area (Å²) >= 11 is 0. The first-order valence-electron chi connectivity index (χ1n) is 9.54. The van der Waals surface area contributed by atoms with E-state index in [2.05, 4.69) is 59.1 Å². The minimum Gasteiger partial charge on any atom is -0.356 e. The molecule has 1 saturated carbocycles. The lowest BCUT2D eigenvalue weighted by atomic mass is 10.1. The summed E-state index contributed by atoms with van der Waals surface area (Å²) in [5, 5.41) is 9.74. The molecule has 1 fully saturated rings. The second-order valence-corrected chi connectivity index (χ2v) is 6.80. The Hall–Kier alpha value is -1.31. The Labute approximate surface area is 174 Å². The van der Waals surface area contributed by atoms with Crippen molar-refractivity contribution in [3.05, 3.63) is 35.4 Å². The number of hydrogen-bond acceptors (Lipinski definition) is 2. The molecule has 2 rings (SSSR count). The van der Waals surface area contributed by atoms with Crippen LogP contribution in [0.1, 0.15) is 56.6 Å². The van der Waals surface area contributed by atoms with Gasteiger partial charge in [0, 0.05) is 25.6 Å². The summed E-state index contributed by atoms with van der Waals surface area (Å²) in [5.41, 5.74) is 2.46. The highest BCUT2D eigenvalue weighted by Gasteiger charge is 2.22. The zero-order valence-corrected chi connectivity index (χ0v) is 18.3. The molecule has 0 saturated heterocycles. The minimum absolute atomic E-state index is 0. The lowest BCUT2D eigenvalue weighted by Crippen LogP contribution is -2.38. The van der Waals surface area contributed by atoms with Gasteiger partial charge in [-0.2, -0.15) is 0 Å². The Kier molecular flexibility index (Phi) is 11.3. The fraction of sp³-hybridized carbons (Fsp3) is 0.600. The maximum absolute atomic E-state index is 11.7. The Balaban J connectivity index is 0.00000338. The van der Waals surface area contributed by atoms with Crippen LogP contribution in [0.4, 0.5) is 0 Å². The van der Waals surface area contributed by atoms with Crippen LogP contribution < -0.4 is 16.0 Å². The number of nitrogens with one attached hydrogen (secondary N) is 3. The van der Waals surface area contributed by atoms with E-state index in [-0.39, 0.29) is 29.9 Å². The fourth-order valence-corrected chi connectivity index (χ4v) is 2.40. The van der Waals surface area contributed by atoms with Gasteiger partial charge in [-0.05, 0) is 38.2 Å². The predicted octanol–water partition coefficient (Wildman–Crippen LogP) is 3.51. The second-order valence-electron chi connectivity index (χ2n) is 6.80. The average Bonchev–Trinajstić information content (AvgIpc) is 3.41. The summed E-state index contributed by atoms with van der Waals surface area (Å²) in [5.74, 6) is 0.998. The van der Waals surface area contributed by atoms with Crippen LogP contribution in [0, 0.1) is 6.92 Å². The normalized spacial score (nSPS) is 13.7. The number of aryl methyl sites for hydroxylation is 1. The van der Waals surface area contributed by atoms with Gasteiger partial charge in [-0.3, -0.25) is 4.79 Å². The number of benzene rings is 1. The van der Waals surface area contributed by atoms with Crippen LogP contribution >= 0.6 is 24.0 Å². The first-order chi connectivity index (χ1) is 12.2. The standard InChI is InChI=1S/C20H32N4O.HI/c1-3-4-13-21-20(23-15-17-9-7-16(2)8-10-17)22-14-5-6-19(25)24-18-11-12-18;/h7-10,18H,3-6,11-15H2,1-2H3,(H,24,25)(H2,21,22,23);1H. The van der Waals surface area contributed by atoms with E-state index in [1.54, 1.807) is 0 Å². The van der Waals surface area contributed by atoms with Crippen molar-refractivity contribution in [2.45, 2.75) is 65.0 Å². The molecular formula is C20H33IN4O. The van der Waals surface area contributed by atoms with Crippen molar-refractivity contribution >= 4 is 35.8 Å². The molecule has 1 aliphatic carbocycles. The van der Waals surface area contributed by atoms with Crippen molar-refractivity contribution in [1.29, 1.82) is 0 Å². The van der Waals surface area contributed by atoms with Crippen molar-refractivity contribution in [3.8, 4) is 0 Å². The van der Waals surface area contributed by atoms with E-state index in [0.29, 0.717) is 19.0 Å². The summed E-state index contributed by atoms with van der Waals surface area (Å²) in [4.78, 5) is 16.4. The molecule has 1 aromatic rings. The second kappa shape index (κ2) is 12.9. The van der Waals surface area contributed by atoms with E-state index in [4.69, 9.17) is 0 Å². The van der Waals surface area contributed by atoms with Crippen molar-refractivity contribution in [2.75, 3.05) is 13.1 Å². The quantitative estimate of drug-likeness (QED) is 0.211. The van der Waals surface area contributed by atoms with Crippen molar-refractivity contribution < 1.29 is 4.79 Å². The molecule has 0 radical (unpaired) electrons. The highest BCUT2D eigenvalue weighted by molar-refractivity contribution is 14.0. The summed E-state index contributed by atoms with van der Waals surface area (Å²) in [7, 11) is 0. The van der Waals surface area contributed by atoms with E-state index in [9.17, 15) is 4.79 Å². The van der Waals surface area contributed by atoms with Crippen LogP contribution in [0.15, 0.2) is 29.3 Å². The van der Waals surface area contributed by atoms with Gasteiger partial charge in [0.15, 0.2) is 5.96 Å². The first kappa shape index (κ1) is 22.7. The van der Waals surface area contributed by atoms with E-state index in [0.717, 1.165) is 51.2 Å². The monoisotopic (exact) mass is 472 g/mol. The molecular weight excluding hydrogens is 439 g/mol. The SMILES string of the molecule is CCCCNC(=NCc1ccc(C)cc1)NCCCC(=O)NC1CC1.I. The first-order valence-corrected chi connectivity index (χ1v) is 9.54. The Morgan fingerprint density at radius 2 is 1.77 bits per heavy atom. The Morgan fingerprint density at radius 3 is 2.38 bits per heavy atom. The molecule has 0 heterocycles. The van der Waals surface area contributed by atoms with Gasteiger partial charge < -0.3 is 16.0 Å². The van der Waals surface area contributed by atoms with E-state index >= 15 is 0 Å². The molecule has 0 aromatic heterocycles. The number of nitrogens with zero attached hydrogens (tertiary/aromatic N) is 1. The van der Waals surface area contributed by atoms with Crippen LogP contribution in [0.25, 0.3) is 0 Å². The average molecular weight is 472 g/mol. The van der Waals surface area contributed by atoms with Gasteiger partial charge in [0.05, 0.1) is 6.54 Å². The molecule has 1 aromatic carbocycles. The maximum atomic E-state index is 11.7. The number of unbranched alkanes of at least 4 members (excludes halogenated alkanes) is 1. The van der Waals surface area contributed by atoms with Crippen LogP contribution in [0.2, 0.25) is 0 Å². The molecule has 6 heteroatoms. The van der Waals surface area contributed by atoms with Crippen LogP contribution in [0.3, 0.4) is 0 Å². The number of rotatable bonds is 10. The number of halogens is 1. The zero-order valence-electron chi connectivity index (χ0n) is 16.0. The van der Waals surface area contributed by atoms with Gasteiger partial charge in [0.1, 0.15) is 0 Å². The largest absolute Gasteiger partial charge is 0.356 e. The topological polar surface area (TPSA) is 65.5 Å². The summed E-state index contributed by atoms with van der Waals surface area (Å²) < 4.78 is 0. The maximum Gasteiger partial charge on any atom is 0.220 e. The van der Waals surface area contributed by atoms with Crippen LogP contribution in [-0.4, -0.2) is 31.0 Å². The Bertz CT molecular complexity index is 555. The smallest absolute Gasteiger partial charge is 0.220 e. The molecule has 0 bridgehead atoms. The molecule has 1 amide bonds. The summed E-state index contributed by atoms with van der Waals surface area (Å²) in [6, 6.07) is 8.90. The zero-order chi connectivity index (χ0) is 17.9. The molecule has 1 aliphatic rings. The molecule has 3 N–H and O–H groups in total. The molecule has 5 nitrogen and oxygen atoms in total. The van der Waals surface area contributed by atoms with Crippen LogP contribution in [-0.2, 0) is 11.3 Å². The third-order valence-corrected chi connectivity index (χ3v) is 4.18. The highest BCUT2D eigenvalue weighted by atomic mass is 127. The number of carbonyl (C=O) groups is 1. The van der Waals surface area contributed by atoms with E-state index in [1.807, 2.05) is 0 Å². The van der Waals surface area contributed by atoms with Crippen LogP contribution in [0.5, 0.6) is 0 Å². The third kappa shape index (κ3) is 9.99. The lowest BCUT2D eigenvalue weighted by molar-refractivity contribution is -0.121. The van der Waals surface area contributed by atoms with E-state index < -0.39 is 0 Å². The highest BCUT2D eigenvalue weighted by Crippen LogP contribution is 2.18. The van der Waals surface area contributed by atoms with Gasteiger partial charge in [0.2, 0.25) is 5.91 Å². The van der Waals surface area contributed by atoms with Crippen molar-refractivity contribution in [2.24, 2.45) is 4.99 Å². The van der Waals surface area contributed by atoms with Gasteiger partial charge in [-0.25, -0.2) is 4.99 Å². The predicted molar refractivity (Wildman–Crippen MR) is 119 cm³/mol. The van der Waals surface area contributed by atoms with E-state index in [1.165, 1.54) is 11.1 Å². The van der Waals surface area contributed by atoms with Crippen molar-refractivity contribution in [3.63, 3.8) is 0 Å². The van der Waals surface area contributed by atoms with Gasteiger partial charge in [-0.15, -0.1) is 24.0 Å².